The van der Waals surface area contributed by atoms with Gasteiger partial charge >= 0.3 is 0 Å². The average Bonchev–Trinajstić information content (AvgIpc) is 3.18. The molecule has 9 heteroatoms. The molecule has 0 radical (unpaired) electrons. The molecule has 3 heterocycles. The highest BCUT2D eigenvalue weighted by Gasteiger charge is 2.40. The number of amides is 1. The van der Waals surface area contributed by atoms with Crippen LogP contribution in [0.2, 0.25) is 0 Å². The summed E-state index contributed by atoms with van der Waals surface area (Å²) in [7, 11) is -3.51. The van der Waals surface area contributed by atoms with E-state index in [-0.39, 0.29) is 40.4 Å². The van der Waals surface area contributed by atoms with E-state index in [0.717, 1.165) is 19.3 Å². The number of benzene rings is 1. The Hall–Kier alpha value is -1.68. The number of likely N-dealkylation sites (tertiary alicyclic amines) is 1. The highest BCUT2D eigenvalue weighted by Crippen LogP contribution is 2.31. The van der Waals surface area contributed by atoms with E-state index in [9.17, 15) is 13.2 Å². The second-order valence-electron chi connectivity index (χ2n) is 9.40. The molecule has 2 fully saturated rings. The average molecular weight is 422 g/mol. The van der Waals surface area contributed by atoms with Crippen LogP contribution in [0.4, 0.5) is 5.69 Å². The third-order valence-electron chi connectivity index (χ3n) is 6.34. The number of carbonyl (C=O) groups is 1. The van der Waals surface area contributed by atoms with Crippen molar-refractivity contribution in [2.24, 2.45) is 11.3 Å². The zero-order chi connectivity index (χ0) is 20.8. The Labute approximate surface area is 172 Å². The van der Waals surface area contributed by atoms with Crippen molar-refractivity contribution in [3.05, 3.63) is 24.3 Å². The molecular weight excluding hydrogens is 390 g/mol. The molecule has 1 aromatic rings. The predicted octanol–water partition coefficient (Wildman–Crippen LogP) is 1.24. The molecular formula is C20H31N5O3S. The second kappa shape index (κ2) is 7.54. The van der Waals surface area contributed by atoms with Crippen LogP contribution in [0.1, 0.15) is 40.0 Å². The fourth-order valence-electron chi connectivity index (χ4n) is 4.42. The normalized spacial score (nSPS) is 29.9. The molecule has 160 valence electrons. The van der Waals surface area contributed by atoms with Crippen molar-refractivity contribution in [3.8, 4) is 0 Å². The summed E-state index contributed by atoms with van der Waals surface area (Å²) in [6, 6.07) is 7.02. The standard InChI is InChI=1S/C20H31N5O3S/c1-20(2,3)17-12-15(22-23-17)19(26)25-10-8-13(9-11-25)18-21-14-6-4-5-7-16(14)29(27,28)24-18/h4-7,13,15,17-18,21-24H,8-12H2,1-3H3. The molecule has 1 amide bonds. The number of piperidine rings is 1. The topological polar surface area (TPSA) is 103 Å². The Morgan fingerprint density at radius 2 is 1.79 bits per heavy atom. The molecule has 29 heavy (non-hydrogen) atoms. The molecule has 3 unspecified atom stereocenters. The number of hydrazine groups is 1. The van der Waals surface area contributed by atoms with E-state index in [1.165, 1.54) is 0 Å². The molecule has 1 aromatic carbocycles. The molecule has 0 aromatic heterocycles. The third kappa shape index (κ3) is 4.14. The molecule has 2 saturated heterocycles. The molecule has 0 spiro atoms. The molecule has 0 bridgehead atoms. The van der Waals surface area contributed by atoms with Gasteiger partial charge in [0.1, 0.15) is 10.9 Å². The van der Waals surface area contributed by atoms with Crippen molar-refractivity contribution in [1.29, 1.82) is 0 Å². The van der Waals surface area contributed by atoms with Gasteiger partial charge in [-0.15, -0.1) is 0 Å². The number of sulfonamides is 1. The van der Waals surface area contributed by atoms with Crippen molar-refractivity contribution in [2.45, 2.75) is 63.2 Å². The summed E-state index contributed by atoms with van der Waals surface area (Å²) in [5, 5.41) is 3.33. The van der Waals surface area contributed by atoms with E-state index in [1.54, 1.807) is 18.2 Å². The summed E-state index contributed by atoms with van der Waals surface area (Å²) in [5.74, 6) is 0.268. The zero-order valence-electron chi connectivity index (χ0n) is 17.2. The molecule has 0 saturated carbocycles. The number of para-hydroxylation sites is 1. The van der Waals surface area contributed by atoms with Crippen molar-refractivity contribution >= 4 is 21.6 Å². The Bertz CT molecular complexity index is 874. The third-order valence-corrected chi connectivity index (χ3v) is 7.84. The van der Waals surface area contributed by atoms with Crippen LogP contribution in [-0.4, -0.2) is 50.6 Å². The first-order valence-electron chi connectivity index (χ1n) is 10.3. The maximum absolute atomic E-state index is 12.9. The van der Waals surface area contributed by atoms with Gasteiger partial charge in [0, 0.05) is 19.1 Å². The summed E-state index contributed by atoms with van der Waals surface area (Å²) in [6.07, 6.45) is 1.96. The minimum atomic E-state index is -3.51. The molecule has 8 nitrogen and oxygen atoms in total. The van der Waals surface area contributed by atoms with Gasteiger partial charge in [0.2, 0.25) is 15.9 Å². The molecule has 4 rings (SSSR count). The van der Waals surface area contributed by atoms with Crippen molar-refractivity contribution < 1.29 is 13.2 Å². The number of nitrogens with zero attached hydrogens (tertiary/aromatic N) is 1. The van der Waals surface area contributed by atoms with Gasteiger partial charge in [0.05, 0.1) is 11.9 Å². The first-order chi connectivity index (χ1) is 13.6. The molecule has 3 aliphatic heterocycles. The summed E-state index contributed by atoms with van der Waals surface area (Å²) in [6.45, 7) is 7.79. The maximum Gasteiger partial charge on any atom is 0.244 e. The Kier molecular flexibility index (Phi) is 5.35. The minimum Gasteiger partial charge on any atom is -0.368 e. The monoisotopic (exact) mass is 421 g/mol. The summed E-state index contributed by atoms with van der Waals surface area (Å²) in [5.41, 5.74) is 7.16. The van der Waals surface area contributed by atoms with E-state index in [0.29, 0.717) is 18.8 Å². The SMILES string of the molecule is CC(C)(C)C1CC(C(=O)N2CCC(C3Nc4ccccc4S(=O)(=O)N3)CC2)NN1. The molecule has 0 aliphatic carbocycles. The van der Waals surface area contributed by atoms with E-state index in [1.807, 2.05) is 11.0 Å². The van der Waals surface area contributed by atoms with Gasteiger partial charge in [-0.3, -0.25) is 10.2 Å². The van der Waals surface area contributed by atoms with E-state index >= 15 is 0 Å². The number of nitrogens with one attached hydrogen (secondary N) is 4. The Morgan fingerprint density at radius 1 is 1.10 bits per heavy atom. The fraction of sp³-hybridized carbons (Fsp3) is 0.650. The van der Waals surface area contributed by atoms with E-state index < -0.39 is 10.0 Å². The van der Waals surface area contributed by atoms with Crippen molar-refractivity contribution in [1.82, 2.24) is 20.5 Å². The summed E-state index contributed by atoms with van der Waals surface area (Å²) < 4.78 is 27.9. The lowest BCUT2D eigenvalue weighted by Gasteiger charge is -2.39. The highest BCUT2D eigenvalue weighted by molar-refractivity contribution is 7.89. The van der Waals surface area contributed by atoms with Crippen LogP contribution in [0, 0.1) is 11.3 Å². The lowest BCUT2D eigenvalue weighted by atomic mass is 9.84. The van der Waals surface area contributed by atoms with Crippen LogP contribution in [-0.2, 0) is 14.8 Å². The first-order valence-corrected chi connectivity index (χ1v) is 11.8. The van der Waals surface area contributed by atoms with Gasteiger partial charge in [0.25, 0.3) is 0 Å². The summed E-state index contributed by atoms with van der Waals surface area (Å²) in [4.78, 5) is 15.1. The van der Waals surface area contributed by atoms with Crippen LogP contribution in [0.5, 0.6) is 0 Å². The minimum absolute atomic E-state index is 0.0924. The van der Waals surface area contributed by atoms with Crippen LogP contribution >= 0.6 is 0 Å². The van der Waals surface area contributed by atoms with Gasteiger partial charge in [-0.05, 0) is 42.7 Å². The van der Waals surface area contributed by atoms with Crippen LogP contribution in [0.15, 0.2) is 29.2 Å². The van der Waals surface area contributed by atoms with Crippen LogP contribution < -0.4 is 20.9 Å². The lowest BCUT2D eigenvalue weighted by molar-refractivity contribution is -0.134. The Morgan fingerprint density at radius 3 is 2.45 bits per heavy atom. The predicted molar refractivity (Wildman–Crippen MR) is 111 cm³/mol. The van der Waals surface area contributed by atoms with Crippen molar-refractivity contribution in [3.63, 3.8) is 0 Å². The second-order valence-corrected chi connectivity index (χ2v) is 11.1. The van der Waals surface area contributed by atoms with Crippen molar-refractivity contribution in [2.75, 3.05) is 18.4 Å². The molecule has 4 N–H and O–H groups in total. The number of hydrogen-bond acceptors (Lipinski definition) is 6. The van der Waals surface area contributed by atoms with Gasteiger partial charge in [0.15, 0.2) is 0 Å². The summed E-state index contributed by atoms with van der Waals surface area (Å²) >= 11 is 0. The number of carbonyl (C=O) groups excluding carboxylic acids is 1. The number of hydrogen-bond donors (Lipinski definition) is 4. The maximum atomic E-state index is 12.9. The Balaban J connectivity index is 1.35. The smallest absolute Gasteiger partial charge is 0.244 e. The van der Waals surface area contributed by atoms with Gasteiger partial charge < -0.3 is 10.2 Å². The molecule has 3 aliphatic rings. The molecule has 3 atom stereocenters. The van der Waals surface area contributed by atoms with Crippen LogP contribution in [0.3, 0.4) is 0 Å². The number of fused-ring (bicyclic) bond motifs is 1. The first kappa shape index (κ1) is 20.6. The fourth-order valence-corrected chi connectivity index (χ4v) is 5.81. The quantitative estimate of drug-likeness (QED) is 0.573. The zero-order valence-corrected chi connectivity index (χ0v) is 18.1. The van der Waals surface area contributed by atoms with Crippen LogP contribution in [0.25, 0.3) is 0 Å². The number of anilines is 1. The van der Waals surface area contributed by atoms with Gasteiger partial charge in [-0.25, -0.2) is 13.8 Å². The highest BCUT2D eigenvalue weighted by atomic mass is 32.2. The number of rotatable bonds is 2. The lowest BCUT2D eigenvalue weighted by Crippen LogP contribution is -2.54. The largest absolute Gasteiger partial charge is 0.368 e. The van der Waals surface area contributed by atoms with Gasteiger partial charge in [-0.2, -0.15) is 4.72 Å². The van der Waals surface area contributed by atoms with Gasteiger partial charge in [-0.1, -0.05) is 32.9 Å². The van der Waals surface area contributed by atoms with E-state index in [4.69, 9.17) is 0 Å². The van der Waals surface area contributed by atoms with E-state index in [2.05, 4.69) is 41.7 Å².